The maximum Gasteiger partial charge on any atom is 0.253 e. The average Bonchev–Trinajstić information content (AvgIpc) is 2.90. The molecule has 0 unspecified atom stereocenters. The van der Waals surface area contributed by atoms with Crippen LogP contribution >= 0.6 is 0 Å². The number of hydrogen-bond acceptors (Lipinski definition) is 4. The monoisotopic (exact) mass is 515 g/mol. The standard InChI is InChI=1S/C32H41N3O3/c1-6-8-24-9-11-25(12-10-24)26-18-28(31(36)33-20-29-21(3)17-22(4)34-32(29)37)23(5)30(19-26)35(7-2)27-13-15-38-16-14-27/h9-12,17-19,27H,6-8,13-16,20H2,1-5H3,(H,33,36)(H,34,37). The van der Waals surface area contributed by atoms with Crippen molar-refractivity contribution in [3.05, 3.63) is 86.3 Å². The van der Waals surface area contributed by atoms with E-state index >= 15 is 0 Å². The van der Waals surface area contributed by atoms with Crippen molar-refractivity contribution < 1.29 is 9.53 Å². The van der Waals surface area contributed by atoms with Crippen LogP contribution in [0, 0.1) is 20.8 Å². The molecule has 0 spiro atoms. The first-order valence-electron chi connectivity index (χ1n) is 13.9. The van der Waals surface area contributed by atoms with Crippen molar-refractivity contribution in [2.75, 3.05) is 24.7 Å². The second kappa shape index (κ2) is 12.4. The SMILES string of the molecule is CCCc1ccc(-c2cc(C(=O)NCc3c(C)cc(C)[nH]c3=O)c(C)c(N(CC)C3CCOCC3)c2)cc1. The van der Waals surface area contributed by atoms with Crippen LogP contribution in [0.25, 0.3) is 11.1 Å². The maximum atomic E-state index is 13.6. The number of H-pyrrole nitrogens is 1. The summed E-state index contributed by atoms with van der Waals surface area (Å²) < 4.78 is 5.63. The van der Waals surface area contributed by atoms with Gasteiger partial charge in [0.25, 0.3) is 11.5 Å². The third kappa shape index (κ3) is 6.18. The Morgan fingerprint density at radius 1 is 1.03 bits per heavy atom. The van der Waals surface area contributed by atoms with Crippen LogP contribution in [-0.4, -0.2) is 36.7 Å². The topological polar surface area (TPSA) is 74.4 Å². The Morgan fingerprint density at radius 3 is 2.37 bits per heavy atom. The van der Waals surface area contributed by atoms with Crippen LogP contribution in [0.15, 0.2) is 47.3 Å². The van der Waals surface area contributed by atoms with E-state index < -0.39 is 0 Å². The Labute approximate surface area is 226 Å². The molecule has 0 atom stereocenters. The summed E-state index contributed by atoms with van der Waals surface area (Å²) in [6.07, 6.45) is 4.11. The van der Waals surface area contributed by atoms with Crippen LogP contribution in [0.4, 0.5) is 5.69 Å². The fraction of sp³-hybridized carbons (Fsp3) is 0.438. The third-order valence-electron chi connectivity index (χ3n) is 7.65. The molecule has 0 aliphatic carbocycles. The van der Waals surface area contributed by atoms with Crippen molar-refractivity contribution in [3.63, 3.8) is 0 Å². The molecule has 0 radical (unpaired) electrons. The number of hydrogen-bond donors (Lipinski definition) is 2. The number of carbonyl (C=O) groups excluding carboxylic acids is 1. The number of benzene rings is 2. The zero-order chi connectivity index (χ0) is 27.2. The molecule has 3 aromatic rings. The van der Waals surface area contributed by atoms with Gasteiger partial charge in [-0.1, -0.05) is 37.6 Å². The summed E-state index contributed by atoms with van der Waals surface area (Å²) in [5.74, 6) is -0.171. The molecule has 6 nitrogen and oxygen atoms in total. The fourth-order valence-electron chi connectivity index (χ4n) is 5.54. The lowest BCUT2D eigenvalue weighted by Crippen LogP contribution is -2.40. The molecule has 1 aromatic heterocycles. The third-order valence-corrected chi connectivity index (χ3v) is 7.65. The molecular weight excluding hydrogens is 474 g/mol. The molecule has 0 saturated carbocycles. The first-order chi connectivity index (χ1) is 18.3. The van der Waals surface area contributed by atoms with Gasteiger partial charge in [-0.2, -0.15) is 0 Å². The number of aryl methyl sites for hydroxylation is 3. The van der Waals surface area contributed by atoms with Crippen LogP contribution in [0.3, 0.4) is 0 Å². The minimum absolute atomic E-state index is 0.155. The van der Waals surface area contributed by atoms with E-state index in [-0.39, 0.29) is 18.0 Å². The lowest BCUT2D eigenvalue weighted by atomic mass is 9.94. The van der Waals surface area contributed by atoms with Gasteiger partial charge in [-0.25, -0.2) is 0 Å². The Balaban J connectivity index is 1.72. The Bertz CT molecular complexity index is 1320. The number of nitrogens with one attached hydrogen (secondary N) is 2. The van der Waals surface area contributed by atoms with Gasteiger partial charge >= 0.3 is 0 Å². The lowest BCUT2D eigenvalue weighted by Gasteiger charge is -2.37. The van der Waals surface area contributed by atoms with Gasteiger partial charge in [0.05, 0.1) is 0 Å². The number of ether oxygens (including phenoxy) is 1. The second-order valence-electron chi connectivity index (χ2n) is 10.4. The number of pyridine rings is 1. The predicted molar refractivity (Wildman–Crippen MR) is 155 cm³/mol. The zero-order valence-electron chi connectivity index (χ0n) is 23.4. The molecule has 1 amide bonds. The highest BCUT2D eigenvalue weighted by Crippen LogP contribution is 2.34. The van der Waals surface area contributed by atoms with Crippen LogP contribution < -0.4 is 15.8 Å². The van der Waals surface area contributed by atoms with E-state index in [9.17, 15) is 9.59 Å². The van der Waals surface area contributed by atoms with Gasteiger partial charge in [-0.15, -0.1) is 0 Å². The summed E-state index contributed by atoms with van der Waals surface area (Å²) >= 11 is 0. The quantitative estimate of drug-likeness (QED) is 0.375. The minimum atomic E-state index is -0.171. The van der Waals surface area contributed by atoms with Crippen molar-refractivity contribution in [1.82, 2.24) is 10.3 Å². The summed E-state index contributed by atoms with van der Waals surface area (Å²) in [7, 11) is 0. The highest BCUT2D eigenvalue weighted by molar-refractivity contribution is 5.99. The molecule has 202 valence electrons. The molecule has 38 heavy (non-hydrogen) atoms. The van der Waals surface area contributed by atoms with E-state index in [2.05, 4.69) is 59.4 Å². The van der Waals surface area contributed by atoms with E-state index in [0.717, 1.165) is 79.1 Å². The Morgan fingerprint density at radius 2 is 1.74 bits per heavy atom. The van der Waals surface area contributed by atoms with Crippen LogP contribution in [0.5, 0.6) is 0 Å². The first-order valence-corrected chi connectivity index (χ1v) is 13.9. The van der Waals surface area contributed by atoms with Gasteiger partial charge in [0.1, 0.15) is 0 Å². The zero-order valence-corrected chi connectivity index (χ0v) is 23.4. The number of aromatic nitrogens is 1. The Kier molecular flexibility index (Phi) is 9.05. The number of carbonyl (C=O) groups is 1. The van der Waals surface area contributed by atoms with E-state index in [4.69, 9.17) is 4.74 Å². The van der Waals surface area contributed by atoms with Crippen molar-refractivity contribution in [2.45, 2.75) is 72.9 Å². The van der Waals surface area contributed by atoms with Gasteiger partial charge < -0.3 is 19.9 Å². The molecule has 2 heterocycles. The number of nitrogens with zero attached hydrogens (tertiary/aromatic N) is 1. The highest BCUT2D eigenvalue weighted by atomic mass is 16.5. The molecule has 0 bridgehead atoms. The van der Waals surface area contributed by atoms with Crippen molar-refractivity contribution >= 4 is 11.6 Å². The average molecular weight is 516 g/mol. The lowest BCUT2D eigenvalue weighted by molar-refractivity contribution is 0.0846. The molecule has 1 saturated heterocycles. The molecular formula is C32H41N3O3. The van der Waals surface area contributed by atoms with Gasteiger partial charge in [0.2, 0.25) is 0 Å². The molecule has 1 aliphatic heterocycles. The van der Waals surface area contributed by atoms with E-state index in [1.165, 1.54) is 5.56 Å². The van der Waals surface area contributed by atoms with Gasteiger partial charge in [0, 0.05) is 54.9 Å². The molecule has 2 aromatic carbocycles. The number of aromatic amines is 1. The van der Waals surface area contributed by atoms with E-state index in [1.807, 2.05) is 32.9 Å². The van der Waals surface area contributed by atoms with E-state index in [1.54, 1.807) is 0 Å². The normalized spacial score (nSPS) is 13.9. The molecule has 2 N–H and O–H groups in total. The smallest absolute Gasteiger partial charge is 0.253 e. The summed E-state index contributed by atoms with van der Waals surface area (Å²) in [6.45, 7) is 12.7. The highest BCUT2D eigenvalue weighted by Gasteiger charge is 2.25. The summed E-state index contributed by atoms with van der Waals surface area (Å²) in [6, 6.07) is 15.2. The van der Waals surface area contributed by atoms with Crippen LogP contribution in [0.1, 0.15) is 71.4 Å². The summed E-state index contributed by atoms with van der Waals surface area (Å²) in [5, 5.41) is 3.03. The van der Waals surface area contributed by atoms with E-state index in [0.29, 0.717) is 17.2 Å². The number of anilines is 1. The van der Waals surface area contributed by atoms with Crippen LogP contribution in [-0.2, 0) is 17.7 Å². The predicted octanol–water partition coefficient (Wildman–Crippen LogP) is 5.85. The van der Waals surface area contributed by atoms with Crippen molar-refractivity contribution in [3.8, 4) is 11.1 Å². The number of amides is 1. The maximum absolute atomic E-state index is 13.6. The summed E-state index contributed by atoms with van der Waals surface area (Å²) in [5.41, 5.74) is 8.23. The van der Waals surface area contributed by atoms with Crippen molar-refractivity contribution in [2.24, 2.45) is 0 Å². The molecule has 4 rings (SSSR count). The molecule has 1 aliphatic rings. The molecule has 1 fully saturated rings. The molecule has 6 heteroatoms. The van der Waals surface area contributed by atoms with Crippen LogP contribution in [0.2, 0.25) is 0 Å². The first kappa shape index (κ1) is 27.6. The van der Waals surface area contributed by atoms with Gasteiger partial charge in [-0.3, -0.25) is 9.59 Å². The van der Waals surface area contributed by atoms with Gasteiger partial charge in [-0.05, 0) is 93.0 Å². The number of rotatable bonds is 9. The fourth-order valence-corrected chi connectivity index (χ4v) is 5.54. The second-order valence-corrected chi connectivity index (χ2v) is 10.4. The summed E-state index contributed by atoms with van der Waals surface area (Å²) in [4.78, 5) is 31.4. The van der Waals surface area contributed by atoms with Crippen molar-refractivity contribution in [1.29, 1.82) is 0 Å². The largest absolute Gasteiger partial charge is 0.381 e. The minimum Gasteiger partial charge on any atom is -0.381 e. The Hall–Kier alpha value is -3.38. The van der Waals surface area contributed by atoms with Gasteiger partial charge in [0.15, 0.2) is 0 Å².